The predicted octanol–water partition coefficient (Wildman–Crippen LogP) is 1.98. The molecule has 1 rings (SSSR count). The van der Waals surface area contributed by atoms with Gasteiger partial charge in [0.05, 0.1) is 6.04 Å². The Balaban J connectivity index is 2.41. The van der Waals surface area contributed by atoms with Gasteiger partial charge in [-0.05, 0) is 19.3 Å². The van der Waals surface area contributed by atoms with E-state index in [1.165, 1.54) is 12.8 Å². The van der Waals surface area contributed by atoms with Gasteiger partial charge in [0.2, 0.25) is 0 Å². The summed E-state index contributed by atoms with van der Waals surface area (Å²) in [4.78, 5) is 13.7. The number of terminal acetylenes is 1. The first-order valence-corrected chi connectivity index (χ1v) is 5.79. The van der Waals surface area contributed by atoms with Crippen molar-refractivity contribution in [1.29, 1.82) is 0 Å². The maximum Gasteiger partial charge on any atom is 0.318 e. The minimum absolute atomic E-state index is 0.00157. The molecule has 15 heavy (non-hydrogen) atoms. The molecular formula is C12H20N2O. The molecule has 1 aliphatic heterocycles. The summed E-state index contributed by atoms with van der Waals surface area (Å²) in [6, 6.07) is -0.123. The van der Waals surface area contributed by atoms with Crippen LogP contribution in [0, 0.1) is 12.3 Å². The fourth-order valence-corrected chi connectivity index (χ4v) is 1.78. The van der Waals surface area contributed by atoms with Crippen LogP contribution in [0.5, 0.6) is 0 Å². The van der Waals surface area contributed by atoms with Crippen LogP contribution in [0.1, 0.15) is 39.0 Å². The molecule has 1 fully saturated rings. The van der Waals surface area contributed by atoms with Crippen molar-refractivity contribution in [3.05, 3.63) is 0 Å². The van der Waals surface area contributed by atoms with Gasteiger partial charge in [-0.1, -0.05) is 25.7 Å². The predicted molar refractivity (Wildman–Crippen MR) is 61.5 cm³/mol. The Morgan fingerprint density at radius 3 is 2.47 bits per heavy atom. The molecule has 1 aliphatic rings. The average molecular weight is 208 g/mol. The van der Waals surface area contributed by atoms with Gasteiger partial charge in [-0.2, -0.15) is 0 Å². The molecule has 1 saturated heterocycles. The van der Waals surface area contributed by atoms with Crippen LogP contribution in [0.4, 0.5) is 4.79 Å². The van der Waals surface area contributed by atoms with E-state index in [9.17, 15) is 4.79 Å². The molecule has 2 amide bonds. The zero-order chi connectivity index (χ0) is 11.1. The van der Waals surface area contributed by atoms with Crippen molar-refractivity contribution in [3.63, 3.8) is 0 Å². The first-order valence-electron chi connectivity index (χ1n) is 5.79. The highest BCUT2D eigenvalue weighted by Gasteiger charge is 2.16. The van der Waals surface area contributed by atoms with E-state index < -0.39 is 0 Å². The molecule has 3 heteroatoms. The average Bonchev–Trinajstić information content (AvgIpc) is 2.54. The van der Waals surface area contributed by atoms with Crippen molar-refractivity contribution >= 4 is 6.03 Å². The van der Waals surface area contributed by atoms with Crippen molar-refractivity contribution in [2.24, 2.45) is 0 Å². The monoisotopic (exact) mass is 208 g/mol. The molecule has 0 aliphatic carbocycles. The number of carbonyl (C=O) groups excluding carboxylic acids is 1. The molecule has 0 aromatic heterocycles. The van der Waals surface area contributed by atoms with E-state index in [0.29, 0.717) is 0 Å². The van der Waals surface area contributed by atoms with Gasteiger partial charge in [0.15, 0.2) is 0 Å². The number of urea groups is 1. The number of rotatable bonds is 2. The number of nitrogens with one attached hydrogen (secondary N) is 1. The molecule has 0 bridgehead atoms. The van der Waals surface area contributed by atoms with E-state index >= 15 is 0 Å². The zero-order valence-corrected chi connectivity index (χ0v) is 9.46. The smallest absolute Gasteiger partial charge is 0.318 e. The normalized spacial score (nSPS) is 18.8. The number of amides is 2. The van der Waals surface area contributed by atoms with Gasteiger partial charge in [-0.25, -0.2) is 4.79 Å². The van der Waals surface area contributed by atoms with Gasteiger partial charge in [0.25, 0.3) is 0 Å². The Morgan fingerprint density at radius 1 is 1.40 bits per heavy atom. The van der Waals surface area contributed by atoms with Crippen LogP contribution in [-0.4, -0.2) is 30.1 Å². The van der Waals surface area contributed by atoms with Crippen molar-refractivity contribution in [1.82, 2.24) is 10.2 Å². The molecule has 1 atom stereocenters. The molecule has 0 radical (unpaired) electrons. The molecule has 0 aromatic carbocycles. The fourth-order valence-electron chi connectivity index (χ4n) is 1.78. The molecular weight excluding hydrogens is 188 g/mol. The van der Waals surface area contributed by atoms with Crippen LogP contribution in [0.25, 0.3) is 0 Å². The lowest BCUT2D eigenvalue weighted by Crippen LogP contribution is -2.44. The molecule has 3 nitrogen and oxygen atoms in total. The number of hydrogen-bond acceptors (Lipinski definition) is 1. The van der Waals surface area contributed by atoms with E-state index in [1.54, 1.807) is 0 Å². The lowest BCUT2D eigenvalue weighted by atomic mass is 10.2. The SMILES string of the molecule is C#CC(CC)NC(=O)N1CCCCCC1. The number of nitrogens with zero attached hydrogens (tertiary/aromatic N) is 1. The number of carbonyl (C=O) groups is 1. The van der Waals surface area contributed by atoms with E-state index in [1.807, 2.05) is 11.8 Å². The highest BCUT2D eigenvalue weighted by atomic mass is 16.2. The Morgan fingerprint density at radius 2 is 2.00 bits per heavy atom. The third-order valence-corrected chi connectivity index (χ3v) is 2.80. The molecule has 1 unspecified atom stereocenters. The second kappa shape index (κ2) is 6.34. The van der Waals surface area contributed by atoms with Gasteiger partial charge in [0.1, 0.15) is 0 Å². The summed E-state index contributed by atoms with van der Waals surface area (Å²) in [5, 5.41) is 2.86. The van der Waals surface area contributed by atoms with Crippen LogP contribution in [-0.2, 0) is 0 Å². The quantitative estimate of drug-likeness (QED) is 0.691. The lowest BCUT2D eigenvalue weighted by Gasteiger charge is -2.22. The Hall–Kier alpha value is -1.17. The summed E-state index contributed by atoms with van der Waals surface area (Å²) in [6.07, 6.45) is 10.8. The first kappa shape index (κ1) is 11.9. The van der Waals surface area contributed by atoms with Crippen molar-refractivity contribution in [3.8, 4) is 12.3 Å². The van der Waals surface area contributed by atoms with Gasteiger partial charge in [-0.3, -0.25) is 0 Å². The summed E-state index contributed by atoms with van der Waals surface area (Å²) in [7, 11) is 0. The third-order valence-electron chi connectivity index (χ3n) is 2.80. The van der Waals surface area contributed by atoms with E-state index in [4.69, 9.17) is 6.42 Å². The molecule has 0 saturated carbocycles. The van der Waals surface area contributed by atoms with Gasteiger partial charge in [0, 0.05) is 13.1 Å². The van der Waals surface area contributed by atoms with E-state index in [2.05, 4.69) is 11.2 Å². The van der Waals surface area contributed by atoms with Crippen LogP contribution < -0.4 is 5.32 Å². The maximum atomic E-state index is 11.8. The zero-order valence-electron chi connectivity index (χ0n) is 9.46. The van der Waals surface area contributed by atoms with Crippen LogP contribution in [0.3, 0.4) is 0 Å². The summed E-state index contributed by atoms with van der Waals surface area (Å²) in [6.45, 7) is 3.72. The Kier molecular flexibility index (Phi) is 5.03. The van der Waals surface area contributed by atoms with Crippen LogP contribution >= 0.6 is 0 Å². The van der Waals surface area contributed by atoms with E-state index in [-0.39, 0.29) is 12.1 Å². The molecule has 0 spiro atoms. The Labute approximate surface area is 92.2 Å². The lowest BCUT2D eigenvalue weighted by molar-refractivity contribution is 0.197. The van der Waals surface area contributed by atoms with Gasteiger partial charge < -0.3 is 10.2 Å². The van der Waals surface area contributed by atoms with Crippen molar-refractivity contribution in [2.45, 2.75) is 45.1 Å². The summed E-state index contributed by atoms with van der Waals surface area (Å²) < 4.78 is 0. The van der Waals surface area contributed by atoms with Crippen LogP contribution in [0.15, 0.2) is 0 Å². The minimum atomic E-state index is -0.124. The van der Waals surface area contributed by atoms with Gasteiger partial charge >= 0.3 is 6.03 Å². The largest absolute Gasteiger partial charge is 0.325 e. The van der Waals surface area contributed by atoms with Crippen molar-refractivity contribution < 1.29 is 4.79 Å². The number of hydrogen-bond donors (Lipinski definition) is 1. The fraction of sp³-hybridized carbons (Fsp3) is 0.750. The Bertz CT molecular complexity index is 236. The molecule has 0 aromatic rings. The minimum Gasteiger partial charge on any atom is -0.325 e. The summed E-state index contributed by atoms with van der Waals surface area (Å²) in [5.74, 6) is 2.58. The highest BCUT2D eigenvalue weighted by molar-refractivity contribution is 5.74. The second-order valence-electron chi connectivity index (χ2n) is 3.98. The topological polar surface area (TPSA) is 32.3 Å². The van der Waals surface area contributed by atoms with Crippen LogP contribution in [0.2, 0.25) is 0 Å². The summed E-state index contributed by atoms with van der Waals surface area (Å²) >= 11 is 0. The highest BCUT2D eigenvalue weighted by Crippen LogP contribution is 2.09. The van der Waals surface area contributed by atoms with Crippen molar-refractivity contribution in [2.75, 3.05) is 13.1 Å². The van der Waals surface area contributed by atoms with Gasteiger partial charge in [-0.15, -0.1) is 6.42 Å². The summed E-state index contributed by atoms with van der Waals surface area (Å²) in [5.41, 5.74) is 0. The molecule has 1 N–H and O–H groups in total. The maximum absolute atomic E-state index is 11.8. The first-order chi connectivity index (χ1) is 7.27. The second-order valence-corrected chi connectivity index (χ2v) is 3.98. The third kappa shape index (κ3) is 3.83. The van der Waals surface area contributed by atoms with E-state index in [0.717, 1.165) is 32.4 Å². The number of likely N-dealkylation sites (tertiary alicyclic amines) is 1. The molecule has 84 valence electrons. The molecule has 1 heterocycles. The standard InChI is InChI=1S/C12H20N2O/c1-3-11(4-2)13-12(15)14-9-7-5-6-8-10-14/h1,11H,4-10H2,2H3,(H,13,15).